The lowest BCUT2D eigenvalue weighted by molar-refractivity contribution is 0.218. The number of anilines is 4. The van der Waals surface area contributed by atoms with Crippen molar-refractivity contribution in [1.82, 2.24) is 98.1 Å². The van der Waals surface area contributed by atoms with Gasteiger partial charge < -0.3 is 46.4 Å². The van der Waals surface area contributed by atoms with Crippen LogP contribution in [0.1, 0.15) is 148 Å². The molecule has 0 amide bonds. The second-order valence-electron chi connectivity index (χ2n) is 31.3. The van der Waals surface area contributed by atoms with Crippen molar-refractivity contribution >= 4 is 23.3 Å². The number of nitrogens with two attached hydrogens (primary N) is 4. The summed E-state index contributed by atoms with van der Waals surface area (Å²) < 4.78 is 38.4. The molecule has 16 heterocycles. The van der Waals surface area contributed by atoms with Crippen LogP contribution in [-0.2, 0) is 60.7 Å². The third-order valence-corrected chi connectivity index (χ3v) is 22.8. The van der Waals surface area contributed by atoms with Gasteiger partial charge in [0.15, 0.2) is 40.5 Å². The Kier molecular flexibility index (Phi) is 21.2. The van der Waals surface area contributed by atoms with Crippen LogP contribution in [-0.4, -0.2) is 98.1 Å². The zero-order valence-corrected chi connectivity index (χ0v) is 70.4. The molecule has 4 aliphatic heterocycles. The molecule has 30 nitrogen and oxygen atoms in total. The number of hydrogen-bond acceptors (Lipinski definition) is 23. The van der Waals surface area contributed by atoms with Crippen LogP contribution in [0.5, 0.6) is 23.1 Å². The Hall–Kier alpha value is -15.6. The van der Waals surface area contributed by atoms with Crippen molar-refractivity contribution in [3.63, 3.8) is 0 Å². The standard InChI is InChI=1S/C25H22N6O.C23H21N7O.C23H24N6O.C22H23N7O/c1-14-4-5-19-18-6-7-28-12-16(18)9-21-24(22(11-26)31(3)30-21)17-10-23(25(27)29-13-17)32-15(2)20(19)8-14;1-13-4-5-18-19(6-13)14(2)31-20-7-15(9-26-23(20)25)21-16(8-24)10-28-30(21)12-17-11-27-29(3)22(17)18;1-13-5-6-18-19(7-13)14(2)30-20-9-17(10-25-23(20)24)21-15(11-26-28(21)3)8-16-12-27-29(4)22(16)18;1-4-29-19-15(10-26-29)12-28-8-7-24-21(28)16-6-5-13(2)9-17(16)14(3)30-22-20(23)25-11-18(19)27-22/h4-8,10,12-13,15H,9H2,1-3H3,(H2,27,29);4-7,9-11,14H,12H2,1-3H3,(H2,25,26);5-7,9-12,14H,8H2,1-4H3,(H2,24,25);5-11,14H,4,12H2,1-3H3,(H2,23,25). The van der Waals surface area contributed by atoms with Crippen molar-refractivity contribution in [3.8, 4) is 125 Å². The van der Waals surface area contributed by atoms with Crippen molar-refractivity contribution in [3.05, 3.63) is 267 Å². The minimum absolute atomic E-state index is 0.215. The molecule has 0 aliphatic carbocycles. The quantitative estimate of drug-likeness (QED) is 0.119. The molecule has 20 rings (SSSR count). The molecule has 123 heavy (non-hydrogen) atoms. The molecule has 4 aromatic carbocycles. The van der Waals surface area contributed by atoms with Crippen LogP contribution < -0.4 is 41.9 Å². The van der Waals surface area contributed by atoms with Crippen LogP contribution in [0.15, 0.2) is 178 Å². The third kappa shape index (κ3) is 15.2. The van der Waals surface area contributed by atoms with Gasteiger partial charge in [0.05, 0.1) is 90.0 Å². The van der Waals surface area contributed by atoms with Gasteiger partial charge in [0.2, 0.25) is 0 Å². The minimum atomic E-state index is -0.285. The van der Waals surface area contributed by atoms with Gasteiger partial charge in [-0.05, 0) is 103 Å². The Morgan fingerprint density at radius 1 is 0.431 bits per heavy atom. The van der Waals surface area contributed by atoms with Crippen molar-refractivity contribution in [2.45, 2.75) is 119 Å². The summed E-state index contributed by atoms with van der Waals surface area (Å²) in [6, 6.07) is 37.6. The van der Waals surface area contributed by atoms with E-state index in [9.17, 15) is 10.5 Å². The lowest BCUT2D eigenvalue weighted by atomic mass is 9.90. The number of ether oxygens (including phenoxy) is 4. The first-order valence-corrected chi connectivity index (χ1v) is 40.3. The Morgan fingerprint density at radius 2 is 0.927 bits per heavy atom. The molecule has 0 fully saturated rings. The first kappa shape index (κ1) is 79.9. The molecule has 30 heteroatoms. The highest BCUT2D eigenvalue weighted by Crippen LogP contribution is 2.45. The summed E-state index contributed by atoms with van der Waals surface area (Å²) in [6.07, 6.45) is 23.6. The lowest BCUT2D eigenvalue weighted by Gasteiger charge is -2.22. The molecule has 0 saturated carbocycles. The van der Waals surface area contributed by atoms with Gasteiger partial charge in [0.1, 0.15) is 53.8 Å². The molecule has 616 valence electrons. The van der Waals surface area contributed by atoms with Crippen LogP contribution in [0.25, 0.3) is 90.1 Å². The first-order chi connectivity index (χ1) is 59.4. The number of pyridine rings is 4. The maximum Gasteiger partial charge on any atom is 0.258 e. The average molecular weight is 1640 g/mol. The van der Waals surface area contributed by atoms with E-state index >= 15 is 0 Å². The summed E-state index contributed by atoms with van der Waals surface area (Å²) in [6.45, 7) is 20.2. The van der Waals surface area contributed by atoms with E-state index in [0.29, 0.717) is 95.7 Å². The lowest BCUT2D eigenvalue weighted by Crippen LogP contribution is -2.13. The predicted octanol–water partition coefficient (Wildman–Crippen LogP) is 15.4. The van der Waals surface area contributed by atoms with E-state index in [1.807, 2.05) is 135 Å². The minimum Gasteiger partial charge on any atom is -0.482 e. The van der Waals surface area contributed by atoms with Crippen molar-refractivity contribution in [2.24, 2.45) is 28.2 Å². The summed E-state index contributed by atoms with van der Waals surface area (Å²) in [5.41, 5.74) is 54.2. The Bertz CT molecular complexity index is 6900. The number of aryl methyl sites for hydroxylation is 9. The van der Waals surface area contributed by atoms with Crippen LogP contribution in [0.4, 0.5) is 23.3 Å². The SMILES string of the molecule is CCn1ncc2c1-c1cnc(N)c(n1)OC(C)c1cc(C)ccc1-c1nccn1C2.Cc1ccc2c(c1)C(C)Oc1cc(cnc1N)-c1c(C#N)cnn1Cc1cnn(C)c1-2.Cc1ccc2c(c1)C(C)Oc1cc(cnc1N)-c1c(cnn1C)Cc1cnn(C)c1-2.Cc1ccc2c(c1)C(C)Oc1cc(cnc1N)-c1c(nn(C)c1C#N)Cc1cnccc1-2. The van der Waals surface area contributed by atoms with Crippen LogP contribution >= 0.6 is 0 Å². The highest BCUT2D eigenvalue weighted by molar-refractivity contribution is 5.79. The van der Waals surface area contributed by atoms with Gasteiger partial charge in [-0.15, -0.1) is 0 Å². The normalized spacial score (nSPS) is 15.0. The smallest absolute Gasteiger partial charge is 0.258 e. The van der Waals surface area contributed by atoms with Gasteiger partial charge >= 0.3 is 0 Å². The maximum atomic E-state index is 9.83. The summed E-state index contributed by atoms with van der Waals surface area (Å²) in [5.74, 6) is 3.99. The Balaban J connectivity index is 0.000000116. The fourth-order valence-electron chi connectivity index (χ4n) is 16.8. The number of benzene rings is 4. The molecule has 12 aromatic heterocycles. The molecular formula is C93H90N26O4. The fourth-order valence-corrected chi connectivity index (χ4v) is 16.8. The zero-order valence-electron chi connectivity index (χ0n) is 70.4. The molecule has 16 aromatic rings. The maximum absolute atomic E-state index is 9.83. The van der Waals surface area contributed by atoms with E-state index in [1.54, 1.807) is 53.6 Å². The number of nitriles is 2. The van der Waals surface area contributed by atoms with Crippen LogP contribution in [0, 0.1) is 50.4 Å². The van der Waals surface area contributed by atoms with E-state index in [1.165, 1.54) is 5.56 Å². The molecule has 8 bridgehead atoms. The summed E-state index contributed by atoms with van der Waals surface area (Å²) in [5, 5.41) is 46.8. The third-order valence-electron chi connectivity index (χ3n) is 22.8. The summed E-state index contributed by atoms with van der Waals surface area (Å²) in [7, 11) is 7.62. The zero-order chi connectivity index (χ0) is 85.9. The molecular weight excluding hydrogens is 1550 g/mol. The van der Waals surface area contributed by atoms with E-state index in [2.05, 4.69) is 185 Å². The topological polar surface area (TPSA) is 391 Å². The van der Waals surface area contributed by atoms with Gasteiger partial charge in [-0.1, -0.05) is 95.1 Å². The average Bonchev–Trinajstić information content (AvgIpc) is 1.61. The van der Waals surface area contributed by atoms with E-state index < -0.39 is 0 Å². The molecule has 0 radical (unpaired) electrons. The highest BCUT2D eigenvalue weighted by atomic mass is 16.5. The van der Waals surface area contributed by atoms with Gasteiger partial charge in [-0.2, -0.15) is 41.1 Å². The number of rotatable bonds is 1. The second kappa shape index (κ2) is 32.6. The number of imidazole rings is 1. The highest BCUT2D eigenvalue weighted by Gasteiger charge is 2.31. The molecule has 0 spiro atoms. The van der Waals surface area contributed by atoms with E-state index in [4.69, 9.17) is 46.9 Å². The van der Waals surface area contributed by atoms with Gasteiger partial charge in [-0.25, -0.2) is 29.9 Å². The van der Waals surface area contributed by atoms with Crippen molar-refractivity contribution < 1.29 is 18.9 Å². The summed E-state index contributed by atoms with van der Waals surface area (Å²) >= 11 is 0. The number of nitrogen functional groups attached to an aromatic ring is 4. The molecule has 0 saturated heterocycles. The van der Waals surface area contributed by atoms with Crippen molar-refractivity contribution in [1.29, 1.82) is 10.5 Å². The predicted molar refractivity (Wildman–Crippen MR) is 468 cm³/mol. The van der Waals surface area contributed by atoms with Crippen LogP contribution in [0.2, 0.25) is 0 Å². The number of nitrogens with zero attached hydrogens (tertiary/aromatic N) is 22. The number of hydrogen-bond donors (Lipinski definition) is 4. The van der Waals surface area contributed by atoms with Gasteiger partial charge in [0.25, 0.3) is 5.88 Å². The van der Waals surface area contributed by atoms with Gasteiger partial charge in [-0.3, -0.25) is 33.1 Å². The largest absolute Gasteiger partial charge is 0.482 e. The summed E-state index contributed by atoms with van der Waals surface area (Å²) in [4.78, 5) is 31.2. The van der Waals surface area contributed by atoms with E-state index in [0.717, 1.165) is 151 Å². The second-order valence-corrected chi connectivity index (χ2v) is 31.3. The molecule has 8 N–H and O–H groups in total. The number of fused-ring (bicyclic) bond motifs is 28. The Morgan fingerprint density at radius 3 is 1.52 bits per heavy atom. The van der Waals surface area contributed by atoms with Gasteiger partial charge in [0, 0.05) is 174 Å². The number of aromatic nitrogens is 20. The van der Waals surface area contributed by atoms with Crippen molar-refractivity contribution in [2.75, 3.05) is 22.9 Å². The monoisotopic (exact) mass is 1630 g/mol. The fraction of sp³-hybridized carbons (Fsp3) is 0.237. The van der Waals surface area contributed by atoms with Crippen LogP contribution in [0.3, 0.4) is 0 Å². The Labute approximate surface area is 709 Å². The van der Waals surface area contributed by atoms with E-state index in [-0.39, 0.29) is 30.2 Å². The first-order valence-electron chi connectivity index (χ1n) is 40.3. The molecule has 4 atom stereocenters. The molecule has 4 aliphatic rings. The molecule has 4 unspecified atom stereocenters.